The zero-order valence-electron chi connectivity index (χ0n) is 17.7. The van der Waals surface area contributed by atoms with Crippen LogP contribution in [-0.2, 0) is 19.3 Å². The maximum atomic E-state index is 13.6. The van der Waals surface area contributed by atoms with E-state index in [0.717, 1.165) is 17.7 Å². The molecule has 0 saturated heterocycles. The molecule has 1 aliphatic heterocycles. The van der Waals surface area contributed by atoms with Crippen molar-refractivity contribution in [1.29, 1.82) is 0 Å². The van der Waals surface area contributed by atoms with Gasteiger partial charge < -0.3 is 10.3 Å². The highest BCUT2D eigenvalue weighted by molar-refractivity contribution is 5.82. The van der Waals surface area contributed by atoms with Gasteiger partial charge >= 0.3 is 6.18 Å². The Balaban J connectivity index is 1.49. The van der Waals surface area contributed by atoms with Crippen LogP contribution in [0.25, 0.3) is 22.4 Å². The molecular formula is C23H19F4N5O. The summed E-state index contributed by atoms with van der Waals surface area (Å²) in [6.45, 7) is 4.02. The van der Waals surface area contributed by atoms with Gasteiger partial charge in [0, 0.05) is 10.9 Å². The number of hydrogen-bond acceptors (Lipinski definition) is 4. The molecule has 2 aromatic heterocycles. The predicted octanol–water partition coefficient (Wildman–Crippen LogP) is 4.41. The van der Waals surface area contributed by atoms with Crippen molar-refractivity contribution in [3.05, 3.63) is 80.5 Å². The number of aromatic amines is 1. The van der Waals surface area contributed by atoms with Gasteiger partial charge in [-0.2, -0.15) is 13.2 Å². The molecule has 3 heterocycles. The van der Waals surface area contributed by atoms with Gasteiger partial charge in [0.25, 0.3) is 0 Å². The lowest BCUT2D eigenvalue weighted by atomic mass is 9.98. The van der Waals surface area contributed by atoms with Crippen molar-refractivity contribution in [1.82, 2.24) is 25.1 Å². The Morgan fingerprint density at radius 3 is 2.64 bits per heavy atom. The lowest BCUT2D eigenvalue weighted by molar-refractivity contribution is -0.137. The van der Waals surface area contributed by atoms with Crippen molar-refractivity contribution in [2.45, 2.75) is 39.2 Å². The van der Waals surface area contributed by atoms with E-state index in [-0.39, 0.29) is 16.9 Å². The summed E-state index contributed by atoms with van der Waals surface area (Å²) in [6, 6.07) is 7.43. The van der Waals surface area contributed by atoms with Crippen LogP contribution in [0.4, 0.5) is 17.6 Å². The maximum absolute atomic E-state index is 13.6. The molecule has 1 unspecified atom stereocenters. The second-order valence-corrected chi connectivity index (χ2v) is 8.18. The van der Waals surface area contributed by atoms with Crippen LogP contribution >= 0.6 is 0 Å². The monoisotopic (exact) mass is 457 g/mol. The molecule has 0 bridgehead atoms. The summed E-state index contributed by atoms with van der Waals surface area (Å²) >= 11 is 0. The molecule has 0 saturated carbocycles. The standard InChI is InChI=1S/C23H19F4N5O/c1-11-7-13(23(25,26)27)3-5-15(11)18-10-32-19(9-28-18)30-22(31-32)20-12(2)21(33)16-8-14(24)4-6-17(16)29-20/h3-8,18,28H,9-10H2,1-2H3,(H,29,33). The molecule has 0 radical (unpaired) electrons. The third kappa shape index (κ3) is 3.70. The van der Waals surface area contributed by atoms with E-state index >= 15 is 0 Å². The lowest BCUT2D eigenvalue weighted by Gasteiger charge is -2.26. The van der Waals surface area contributed by atoms with Gasteiger partial charge in [-0.3, -0.25) is 4.79 Å². The number of hydrogen-bond donors (Lipinski definition) is 2. The van der Waals surface area contributed by atoms with E-state index in [1.165, 1.54) is 24.3 Å². The van der Waals surface area contributed by atoms with Gasteiger partial charge in [0.15, 0.2) is 11.3 Å². The van der Waals surface area contributed by atoms with Crippen LogP contribution in [0.3, 0.4) is 0 Å². The summed E-state index contributed by atoms with van der Waals surface area (Å²) in [6.07, 6.45) is -4.39. The third-order valence-electron chi connectivity index (χ3n) is 6.01. The molecule has 170 valence electrons. The topological polar surface area (TPSA) is 75.6 Å². The third-order valence-corrected chi connectivity index (χ3v) is 6.01. The summed E-state index contributed by atoms with van der Waals surface area (Å²) in [4.78, 5) is 20.4. The van der Waals surface area contributed by atoms with Crippen LogP contribution in [0.5, 0.6) is 0 Å². The molecule has 10 heteroatoms. The second-order valence-electron chi connectivity index (χ2n) is 8.18. The number of rotatable bonds is 2. The smallest absolute Gasteiger partial charge is 0.351 e. The SMILES string of the molecule is Cc1cc(C(F)(F)F)ccc1C1Cn2nc(-c3[nH]c4ccc(F)cc4c(=O)c3C)nc2CN1. The van der Waals surface area contributed by atoms with E-state index < -0.39 is 17.6 Å². The number of halogens is 4. The molecule has 2 aromatic carbocycles. The van der Waals surface area contributed by atoms with Crippen LogP contribution in [0.15, 0.2) is 41.2 Å². The van der Waals surface area contributed by atoms with E-state index in [0.29, 0.717) is 47.1 Å². The van der Waals surface area contributed by atoms with Gasteiger partial charge in [-0.25, -0.2) is 14.1 Å². The Labute approximate surface area is 185 Å². The molecular weight excluding hydrogens is 438 g/mol. The van der Waals surface area contributed by atoms with Crippen LogP contribution in [-0.4, -0.2) is 19.7 Å². The highest BCUT2D eigenvalue weighted by Crippen LogP contribution is 2.33. The highest BCUT2D eigenvalue weighted by Gasteiger charge is 2.32. The quantitative estimate of drug-likeness (QED) is 0.438. The number of benzene rings is 2. The van der Waals surface area contributed by atoms with Gasteiger partial charge in [-0.1, -0.05) is 6.07 Å². The largest absolute Gasteiger partial charge is 0.416 e. The molecule has 33 heavy (non-hydrogen) atoms. The fraction of sp³-hybridized carbons (Fsp3) is 0.261. The van der Waals surface area contributed by atoms with E-state index in [1.54, 1.807) is 18.5 Å². The first-order valence-corrected chi connectivity index (χ1v) is 10.3. The van der Waals surface area contributed by atoms with Crippen molar-refractivity contribution in [3.63, 3.8) is 0 Å². The van der Waals surface area contributed by atoms with Crippen molar-refractivity contribution in [2.24, 2.45) is 0 Å². The zero-order chi connectivity index (χ0) is 23.5. The maximum Gasteiger partial charge on any atom is 0.416 e. The van der Waals surface area contributed by atoms with E-state index in [4.69, 9.17) is 0 Å². The first-order chi connectivity index (χ1) is 15.6. The molecule has 0 spiro atoms. The van der Waals surface area contributed by atoms with Gasteiger partial charge in [-0.15, -0.1) is 5.10 Å². The lowest BCUT2D eigenvalue weighted by Crippen LogP contribution is -2.33. The first-order valence-electron chi connectivity index (χ1n) is 10.3. The molecule has 5 rings (SSSR count). The van der Waals surface area contributed by atoms with Crippen molar-refractivity contribution >= 4 is 10.9 Å². The molecule has 1 aliphatic rings. The fourth-order valence-corrected chi connectivity index (χ4v) is 4.24. The number of aromatic nitrogens is 4. The average Bonchev–Trinajstić information content (AvgIpc) is 3.19. The number of H-pyrrole nitrogens is 1. The zero-order valence-corrected chi connectivity index (χ0v) is 17.7. The van der Waals surface area contributed by atoms with Crippen LogP contribution in [0.2, 0.25) is 0 Å². The molecule has 1 atom stereocenters. The van der Waals surface area contributed by atoms with Gasteiger partial charge in [0.1, 0.15) is 11.6 Å². The number of fused-ring (bicyclic) bond motifs is 2. The Morgan fingerprint density at radius 1 is 1.12 bits per heavy atom. The normalized spacial score (nSPS) is 16.2. The molecule has 0 aliphatic carbocycles. The molecule has 2 N–H and O–H groups in total. The summed E-state index contributed by atoms with van der Waals surface area (Å²) < 4.78 is 54.3. The summed E-state index contributed by atoms with van der Waals surface area (Å²) in [5.41, 5.74) is 1.60. The number of aryl methyl sites for hydroxylation is 1. The number of nitrogens with one attached hydrogen (secondary N) is 2. The van der Waals surface area contributed by atoms with Crippen molar-refractivity contribution in [3.8, 4) is 11.5 Å². The Kier molecular flexibility index (Phi) is 4.86. The minimum atomic E-state index is -4.39. The van der Waals surface area contributed by atoms with E-state index in [2.05, 4.69) is 20.4 Å². The van der Waals surface area contributed by atoms with Gasteiger partial charge in [0.05, 0.1) is 35.9 Å². The molecule has 6 nitrogen and oxygen atoms in total. The first kappa shape index (κ1) is 21.3. The summed E-state index contributed by atoms with van der Waals surface area (Å²) in [5.74, 6) is 0.481. The molecule has 0 fully saturated rings. The highest BCUT2D eigenvalue weighted by atomic mass is 19.4. The number of alkyl halides is 3. The summed E-state index contributed by atoms with van der Waals surface area (Å²) in [5, 5.41) is 8.10. The number of nitrogens with zero attached hydrogens (tertiary/aromatic N) is 3. The molecule has 4 aromatic rings. The van der Waals surface area contributed by atoms with Crippen LogP contribution in [0.1, 0.15) is 34.1 Å². The molecule has 0 amide bonds. The average molecular weight is 457 g/mol. The Morgan fingerprint density at radius 2 is 1.91 bits per heavy atom. The predicted molar refractivity (Wildman–Crippen MR) is 114 cm³/mol. The Hall–Kier alpha value is -3.53. The minimum Gasteiger partial charge on any atom is -0.351 e. The number of pyridine rings is 1. The Bertz CT molecular complexity index is 1450. The van der Waals surface area contributed by atoms with Gasteiger partial charge in [-0.05, 0) is 55.3 Å². The second kappa shape index (κ2) is 7.51. The van der Waals surface area contributed by atoms with Crippen LogP contribution in [0, 0.1) is 19.7 Å². The van der Waals surface area contributed by atoms with Crippen molar-refractivity contribution in [2.75, 3.05) is 0 Å². The summed E-state index contributed by atoms with van der Waals surface area (Å²) in [7, 11) is 0. The van der Waals surface area contributed by atoms with E-state index in [9.17, 15) is 22.4 Å². The fourth-order valence-electron chi connectivity index (χ4n) is 4.24. The van der Waals surface area contributed by atoms with Gasteiger partial charge in [0.2, 0.25) is 0 Å². The van der Waals surface area contributed by atoms with Crippen molar-refractivity contribution < 1.29 is 17.6 Å². The van der Waals surface area contributed by atoms with Crippen LogP contribution < -0.4 is 10.7 Å². The van der Waals surface area contributed by atoms with E-state index in [1.807, 2.05) is 0 Å². The minimum absolute atomic E-state index is 0.242.